The molecule has 2 heterocycles. The van der Waals surface area contributed by atoms with Crippen molar-refractivity contribution in [1.82, 2.24) is 0 Å². The first-order valence-electron chi connectivity index (χ1n) is 12.9. The lowest BCUT2D eigenvalue weighted by Gasteiger charge is -2.50. The molecule has 2 aliphatic rings. The third kappa shape index (κ3) is 4.12. The van der Waals surface area contributed by atoms with E-state index in [4.69, 9.17) is 4.43 Å². The van der Waals surface area contributed by atoms with E-state index < -0.39 is 8.32 Å². The van der Waals surface area contributed by atoms with E-state index in [-0.39, 0.29) is 22.2 Å². The quantitative estimate of drug-likeness (QED) is 0.342. The average molecular weight is 462 g/mol. The predicted octanol–water partition coefficient (Wildman–Crippen LogP) is 9.06. The van der Waals surface area contributed by atoms with Gasteiger partial charge in [0.1, 0.15) is 0 Å². The number of hydrogen-bond acceptors (Lipinski definition) is 2. The third-order valence-electron chi connectivity index (χ3n) is 7.71. The van der Waals surface area contributed by atoms with Crippen LogP contribution in [0.4, 0.5) is 5.69 Å². The smallest absolute Gasteiger partial charge is 0.234 e. The fourth-order valence-electron chi connectivity index (χ4n) is 6.61. The van der Waals surface area contributed by atoms with Crippen LogP contribution < -0.4 is 5.32 Å². The Morgan fingerprint density at radius 3 is 2.09 bits per heavy atom. The summed E-state index contributed by atoms with van der Waals surface area (Å²) in [5.74, 6) is 0. The van der Waals surface area contributed by atoms with Crippen molar-refractivity contribution in [2.24, 2.45) is 0 Å². The largest absolute Gasteiger partial charge is 0.402 e. The Hall–Kier alpha value is -1.84. The summed E-state index contributed by atoms with van der Waals surface area (Å²) in [6, 6.07) is 20.1. The van der Waals surface area contributed by atoms with E-state index in [9.17, 15) is 0 Å². The molecule has 2 aromatic carbocycles. The van der Waals surface area contributed by atoms with Crippen molar-refractivity contribution in [3.8, 4) is 0 Å². The molecule has 0 radical (unpaired) electrons. The van der Waals surface area contributed by atoms with Crippen LogP contribution in [0.15, 0.2) is 59.8 Å². The van der Waals surface area contributed by atoms with Crippen LogP contribution in [0, 0.1) is 0 Å². The highest BCUT2D eigenvalue weighted by molar-refractivity contribution is 6.88. The number of unbranched alkanes of at least 4 members (excludes halogenated alkanes) is 3. The molecule has 1 saturated heterocycles. The number of anilines is 1. The number of fused-ring (bicyclic) bond motifs is 2. The van der Waals surface area contributed by atoms with Gasteiger partial charge in [0.25, 0.3) is 0 Å². The zero-order valence-corrected chi connectivity index (χ0v) is 22.8. The first kappa shape index (κ1) is 24.3. The number of hydrogen-bond donors (Lipinski definition) is 1. The van der Waals surface area contributed by atoms with Gasteiger partial charge in [0, 0.05) is 11.3 Å². The van der Waals surface area contributed by atoms with E-state index in [0.717, 1.165) is 6.42 Å². The monoisotopic (exact) mass is 461 g/mol. The van der Waals surface area contributed by atoms with Crippen LogP contribution in [0.25, 0.3) is 5.57 Å². The molecular formula is C30H43NOSi. The van der Waals surface area contributed by atoms with E-state index in [0.29, 0.717) is 0 Å². The van der Waals surface area contributed by atoms with E-state index in [1.54, 1.807) is 10.8 Å². The van der Waals surface area contributed by atoms with Crippen molar-refractivity contribution in [3.63, 3.8) is 0 Å². The Bertz CT molecular complexity index is 982. The molecule has 1 fully saturated rings. The molecule has 0 saturated carbocycles. The highest BCUT2D eigenvalue weighted by Crippen LogP contribution is 2.65. The van der Waals surface area contributed by atoms with Gasteiger partial charge < -0.3 is 9.74 Å². The normalized spacial score (nSPS) is 22.0. The minimum atomic E-state index is -2.43. The molecule has 1 N–H and O–H groups in total. The minimum Gasteiger partial charge on any atom is -0.402 e. The summed E-state index contributed by atoms with van der Waals surface area (Å²) in [6.07, 6.45) is 6.34. The summed E-state index contributed by atoms with van der Waals surface area (Å²) in [6.45, 7) is 16.9. The van der Waals surface area contributed by atoms with Gasteiger partial charge in [-0.15, -0.1) is 0 Å². The molecule has 0 unspecified atom stereocenters. The van der Waals surface area contributed by atoms with Crippen molar-refractivity contribution < 1.29 is 4.43 Å². The first-order valence-corrected chi connectivity index (χ1v) is 14.8. The zero-order chi connectivity index (χ0) is 23.9. The van der Waals surface area contributed by atoms with E-state index in [2.05, 4.69) is 108 Å². The first-order chi connectivity index (χ1) is 15.6. The van der Waals surface area contributed by atoms with Crippen molar-refractivity contribution in [1.29, 1.82) is 0 Å². The molecule has 0 spiro atoms. The number of benzene rings is 2. The maximum absolute atomic E-state index is 7.52. The second kappa shape index (κ2) is 9.07. The summed E-state index contributed by atoms with van der Waals surface area (Å²) in [5, 5.41) is 5.77. The minimum absolute atomic E-state index is 0.0466. The molecule has 2 aliphatic heterocycles. The SMILES string of the molecule is CCCCCCC1=C2[C@@H](Nc3ccccc31)[C@H](c1ccccc1)O[Si]2(C(C)(C)C)C(C)(C)C. The zero-order valence-electron chi connectivity index (χ0n) is 21.8. The average Bonchev–Trinajstić information content (AvgIpc) is 3.13. The van der Waals surface area contributed by atoms with Crippen molar-refractivity contribution >= 4 is 19.6 Å². The van der Waals surface area contributed by atoms with Crippen molar-refractivity contribution in [2.75, 3.05) is 5.32 Å². The molecule has 3 heteroatoms. The standard InChI is InChI=1S/C30H43NOSi/c1-8-9-10-14-20-24-23-19-15-16-21-25(23)31-26-27(22-17-12-11-13-18-22)32-33(28(24)26,29(2,3)4)30(5,6)7/h11-13,15-19,21,26-27,31H,8-10,14,20H2,1-7H3/t26-,27-/m0/s1. The number of para-hydroxylation sites is 1. The van der Waals surface area contributed by atoms with Crippen LogP contribution in [-0.4, -0.2) is 14.4 Å². The van der Waals surface area contributed by atoms with Gasteiger partial charge in [0.15, 0.2) is 0 Å². The van der Waals surface area contributed by atoms with Gasteiger partial charge in [-0.2, -0.15) is 0 Å². The van der Waals surface area contributed by atoms with E-state index in [1.165, 1.54) is 42.5 Å². The van der Waals surface area contributed by atoms with Gasteiger partial charge in [-0.1, -0.05) is 116 Å². The lowest BCUT2D eigenvalue weighted by molar-refractivity contribution is 0.193. The van der Waals surface area contributed by atoms with Gasteiger partial charge >= 0.3 is 0 Å². The number of nitrogens with one attached hydrogen (secondary N) is 1. The fraction of sp³-hybridized carbons (Fsp3) is 0.533. The highest BCUT2D eigenvalue weighted by Gasteiger charge is 2.66. The number of allylic oxidation sites excluding steroid dienone is 1. The Morgan fingerprint density at radius 1 is 0.818 bits per heavy atom. The molecule has 2 atom stereocenters. The maximum Gasteiger partial charge on any atom is 0.234 e. The Kier molecular flexibility index (Phi) is 6.68. The predicted molar refractivity (Wildman–Crippen MR) is 145 cm³/mol. The molecule has 0 bridgehead atoms. The van der Waals surface area contributed by atoms with Crippen LogP contribution in [0.2, 0.25) is 10.1 Å². The van der Waals surface area contributed by atoms with E-state index >= 15 is 0 Å². The van der Waals surface area contributed by atoms with Gasteiger partial charge in [0.05, 0.1) is 12.1 Å². The Balaban J connectivity index is 1.98. The van der Waals surface area contributed by atoms with Crippen LogP contribution in [-0.2, 0) is 4.43 Å². The van der Waals surface area contributed by atoms with E-state index in [1.807, 2.05) is 0 Å². The molecule has 178 valence electrons. The molecule has 2 aromatic rings. The van der Waals surface area contributed by atoms with Crippen LogP contribution in [0.5, 0.6) is 0 Å². The molecule has 33 heavy (non-hydrogen) atoms. The topological polar surface area (TPSA) is 21.3 Å². The Labute approximate surface area is 203 Å². The summed E-state index contributed by atoms with van der Waals surface area (Å²) < 4.78 is 7.52. The fourth-order valence-corrected chi connectivity index (χ4v) is 13.3. The van der Waals surface area contributed by atoms with Crippen molar-refractivity contribution in [2.45, 2.75) is 103 Å². The van der Waals surface area contributed by atoms with Gasteiger partial charge in [0.2, 0.25) is 8.32 Å². The Morgan fingerprint density at radius 2 is 1.45 bits per heavy atom. The lowest BCUT2D eigenvalue weighted by atomic mass is 9.89. The molecular weight excluding hydrogens is 418 g/mol. The molecule has 2 nitrogen and oxygen atoms in total. The summed E-state index contributed by atoms with van der Waals surface area (Å²) in [7, 11) is -2.43. The second-order valence-corrected chi connectivity index (χ2v) is 17.1. The van der Waals surface area contributed by atoms with Gasteiger partial charge in [-0.05, 0) is 45.3 Å². The molecule has 0 aromatic heterocycles. The number of rotatable bonds is 6. The van der Waals surface area contributed by atoms with Crippen molar-refractivity contribution in [3.05, 3.63) is 70.9 Å². The molecule has 0 aliphatic carbocycles. The highest BCUT2D eigenvalue weighted by atomic mass is 28.4. The summed E-state index contributed by atoms with van der Waals surface area (Å²) in [4.78, 5) is 0. The third-order valence-corrected chi connectivity index (χ3v) is 13.9. The van der Waals surface area contributed by atoms with Crippen LogP contribution in [0.1, 0.15) is 97.8 Å². The van der Waals surface area contributed by atoms with Gasteiger partial charge in [-0.25, -0.2) is 0 Å². The van der Waals surface area contributed by atoms with Gasteiger partial charge in [-0.3, -0.25) is 0 Å². The van der Waals surface area contributed by atoms with Crippen LogP contribution in [0.3, 0.4) is 0 Å². The summed E-state index contributed by atoms with van der Waals surface area (Å²) >= 11 is 0. The lowest BCUT2D eigenvalue weighted by Crippen LogP contribution is -2.55. The maximum atomic E-state index is 7.52. The van der Waals surface area contributed by atoms with Crippen LogP contribution >= 0.6 is 0 Å². The molecule has 0 amide bonds. The second-order valence-electron chi connectivity index (χ2n) is 12.0. The molecule has 4 rings (SSSR count). The summed E-state index contributed by atoms with van der Waals surface area (Å²) in [5.41, 5.74) is 5.55.